The highest BCUT2D eigenvalue weighted by Gasteiger charge is 2.14. The molecule has 3 N–H and O–H groups in total. The molecule has 0 saturated heterocycles. The van der Waals surface area contributed by atoms with E-state index in [2.05, 4.69) is 19.2 Å². The lowest BCUT2D eigenvalue weighted by atomic mass is 10.0. The molecule has 0 fully saturated rings. The Morgan fingerprint density at radius 3 is 1.10 bits per heavy atom. The van der Waals surface area contributed by atoms with Crippen molar-refractivity contribution >= 4 is 5.91 Å². The molecule has 0 bridgehead atoms. The Kier molecular flexibility index (Phi) is 33.4. The summed E-state index contributed by atoms with van der Waals surface area (Å²) in [5.74, 6) is -0.0870. The second kappa shape index (κ2) is 33.9. The van der Waals surface area contributed by atoms with Gasteiger partial charge in [-0.25, -0.2) is 0 Å². The van der Waals surface area contributed by atoms with Gasteiger partial charge in [0.05, 0.1) is 6.10 Å². The van der Waals surface area contributed by atoms with Crippen LogP contribution in [0.5, 0.6) is 0 Å². The van der Waals surface area contributed by atoms with E-state index in [0.29, 0.717) is 12.8 Å². The lowest BCUT2D eigenvalue weighted by Gasteiger charge is -2.17. The number of amides is 1. The molecule has 0 aromatic heterocycles. The molecule has 1 amide bonds. The van der Waals surface area contributed by atoms with Gasteiger partial charge in [-0.05, 0) is 12.8 Å². The smallest absolute Gasteiger partial charge is 0.221 e. The highest BCUT2D eigenvalue weighted by molar-refractivity contribution is 5.75. The Morgan fingerprint density at radius 1 is 0.463 bits per heavy atom. The fourth-order valence-corrected chi connectivity index (χ4v) is 5.92. The molecule has 0 aliphatic heterocycles. The van der Waals surface area contributed by atoms with E-state index in [1.54, 1.807) is 0 Å². The van der Waals surface area contributed by atoms with Crippen LogP contribution in [0.2, 0.25) is 0 Å². The molecule has 0 aliphatic carbocycles. The third-order valence-corrected chi connectivity index (χ3v) is 8.72. The Balaban J connectivity index is 3.39. The molecule has 2 atom stereocenters. The van der Waals surface area contributed by atoms with E-state index in [0.717, 1.165) is 25.7 Å². The van der Waals surface area contributed by atoms with Gasteiger partial charge >= 0.3 is 0 Å². The minimum atomic E-state index is -0.930. The van der Waals surface area contributed by atoms with Crippen molar-refractivity contribution in [1.29, 1.82) is 0 Å². The lowest BCUT2D eigenvalue weighted by Crippen LogP contribution is -2.37. The average Bonchev–Trinajstić information content (AvgIpc) is 2.95. The minimum Gasteiger partial charge on any atom is -0.393 e. The molecule has 1 unspecified atom stereocenters. The molecule has 0 spiro atoms. The van der Waals surface area contributed by atoms with Crippen LogP contribution in [-0.4, -0.2) is 28.5 Å². The molecular weight excluding hydrogens is 506 g/mol. The predicted octanol–water partition coefficient (Wildman–Crippen LogP) is 11.3. The van der Waals surface area contributed by atoms with E-state index < -0.39 is 12.3 Å². The van der Waals surface area contributed by atoms with Crippen molar-refractivity contribution in [2.45, 2.75) is 232 Å². The lowest BCUT2D eigenvalue weighted by molar-refractivity contribution is -0.124. The van der Waals surface area contributed by atoms with Gasteiger partial charge in [0.2, 0.25) is 5.91 Å². The fourth-order valence-electron chi connectivity index (χ4n) is 5.92. The molecule has 0 saturated carbocycles. The van der Waals surface area contributed by atoms with Crippen molar-refractivity contribution in [3.63, 3.8) is 0 Å². The largest absolute Gasteiger partial charge is 0.393 e. The molecule has 4 heteroatoms. The van der Waals surface area contributed by atoms with E-state index in [1.807, 2.05) is 0 Å². The zero-order valence-electron chi connectivity index (χ0n) is 28.1. The normalized spacial score (nSPS) is 13.0. The quantitative estimate of drug-likeness (QED) is 0.0523. The van der Waals surface area contributed by atoms with Gasteiger partial charge in [-0.1, -0.05) is 194 Å². The van der Waals surface area contributed by atoms with Gasteiger partial charge < -0.3 is 15.5 Å². The molecule has 0 aliphatic rings. The maximum Gasteiger partial charge on any atom is 0.221 e. The maximum absolute atomic E-state index is 12.1. The van der Waals surface area contributed by atoms with Crippen molar-refractivity contribution in [3.05, 3.63) is 0 Å². The van der Waals surface area contributed by atoms with Crippen LogP contribution in [0.1, 0.15) is 219 Å². The first kappa shape index (κ1) is 40.4. The first-order valence-electron chi connectivity index (χ1n) is 18.8. The molecule has 0 rings (SSSR count). The summed E-state index contributed by atoms with van der Waals surface area (Å²) in [6.07, 6.45) is 38.2. The number of nitrogens with one attached hydrogen (secondary N) is 1. The Bertz CT molecular complexity index is 512. The summed E-state index contributed by atoms with van der Waals surface area (Å²) in [7, 11) is 0. The van der Waals surface area contributed by atoms with E-state index in [9.17, 15) is 15.0 Å². The Morgan fingerprint density at radius 2 is 0.756 bits per heavy atom. The van der Waals surface area contributed by atoms with Crippen LogP contribution in [0, 0.1) is 0 Å². The van der Waals surface area contributed by atoms with Crippen molar-refractivity contribution in [2.75, 3.05) is 0 Å². The van der Waals surface area contributed by atoms with E-state index in [4.69, 9.17) is 0 Å². The third-order valence-electron chi connectivity index (χ3n) is 8.72. The first-order valence-corrected chi connectivity index (χ1v) is 18.8. The van der Waals surface area contributed by atoms with Crippen LogP contribution in [0.25, 0.3) is 0 Å². The minimum absolute atomic E-state index is 0.0870. The van der Waals surface area contributed by atoms with Gasteiger partial charge in [0.1, 0.15) is 6.23 Å². The van der Waals surface area contributed by atoms with Crippen molar-refractivity contribution < 1.29 is 15.0 Å². The van der Waals surface area contributed by atoms with Gasteiger partial charge in [-0.2, -0.15) is 0 Å². The number of hydrogen-bond donors (Lipinski definition) is 3. The Labute approximate surface area is 257 Å². The highest BCUT2D eigenvalue weighted by Crippen LogP contribution is 2.16. The average molecular weight is 582 g/mol. The van der Waals surface area contributed by atoms with Crippen LogP contribution < -0.4 is 5.32 Å². The van der Waals surface area contributed by atoms with Crippen LogP contribution in [-0.2, 0) is 4.79 Å². The van der Waals surface area contributed by atoms with E-state index in [-0.39, 0.29) is 12.3 Å². The molecule has 0 heterocycles. The molecule has 0 aromatic rings. The van der Waals surface area contributed by atoms with Gasteiger partial charge in [0.15, 0.2) is 0 Å². The maximum atomic E-state index is 12.1. The topological polar surface area (TPSA) is 69.6 Å². The predicted molar refractivity (Wildman–Crippen MR) is 179 cm³/mol. The standard InChI is InChI=1S/C37H75NO3/c1-3-5-7-9-11-13-15-17-18-19-21-23-25-27-29-31-33-36(40)38-37(41)34-35(39)32-30-28-26-24-22-20-16-14-12-10-8-6-4-2/h35,37,39,41H,3-34H2,1-2H3,(H,38,40)/t35-,37?/m1/s1. The third kappa shape index (κ3) is 33.8. The first-order chi connectivity index (χ1) is 20.1. The molecular formula is C37H75NO3. The summed E-state index contributed by atoms with van der Waals surface area (Å²) in [4.78, 5) is 12.1. The SMILES string of the molecule is CCCCCCCCCCCCCCCCCCC(=O)NC(O)C[C@H](O)CCCCCCCCCCCCCCC. The summed E-state index contributed by atoms with van der Waals surface area (Å²) in [5.41, 5.74) is 0. The van der Waals surface area contributed by atoms with Crippen molar-refractivity contribution in [1.82, 2.24) is 5.32 Å². The van der Waals surface area contributed by atoms with Crippen molar-refractivity contribution in [3.8, 4) is 0 Å². The summed E-state index contributed by atoms with van der Waals surface area (Å²) in [6, 6.07) is 0. The van der Waals surface area contributed by atoms with Crippen molar-refractivity contribution in [2.24, 2.45) is 0 Å². The second-order valence-corrected chi connectivity index (χ2v) is 13.1. The summed E-state index contributed by atoms with van der Waals surface area (Å²) < 4.78 is 0. The van der Waals surface area contributed by atoms with Gasteiger partial charge in [0.25, 0.3) is 0 Å². The monoisotopic (exact) mass is 582 g/mol. The summed E-state index contributed by atoms with van der Waals surface area (Å²) in [6.45, 7) is 4.55. The molecule has 4 nitrogen and oxygen atoms in total. The number of unbranched alkanes of at least 4 members (excludes halogenated alkanes) is 27. The van der Waals surface area contributed by atoms with Crippen LogP contribution >= 0.6 is 0 Å². The van der Waals surface area contributed by atoms with Gasteiger partial charge in [0, 0.05) is 12.8 Å². The van der Waals surface area contributed by atoms with Gasteiger partial charge in [-0.15, -0.1) is 0 Å². The summed E-state index contributed by atoms with van der Waals surface area (Å²) in [5, 5.41) is 23.0. The molecule has 246 valence electrons. The van der Waals surface area contributed by atoms with Crippen LogP contribution in [0.4, 0.5) is 0 Å². The number of aliphatic hydroxyl groups excluding tert-OH is 2. The Hall–Kier alpha value is -0.610. The molecule has 0 radical (unpaired) electrons. The van der Waals surface area contributed by atoms with E-state index >= 15 is 0 Å². The van der Waals surface area contributed by atoms with Crippen LogP contribution in [0.3, 0.4) is 0 Å². The number of carbonyl (C=O) groups excluding carboxylic acids is 1. The zero-order valence-corrected chi connectivity index (χ0v) is 28.1. The summed E-state index contributed by atoms with van der Waals surface area (Å²) >= 11 is 0. The number of carbonyl (C=O) groups is 1. The number of hydrogen-bond acceptors (Lipinski definition) is 3. The molecule has 0 aromatic carbocycles. The second-order valence-electron chi connectivity index (χ2n) is 13.1. The van der Waals surface area contributed by atoms with Gasteiger partial charge in [-0.3, -0.25) is 4.79 Å². The fraction of sp³-hybridized carbons (Fsp3) is 0.973. The number of rotatable bonds is 34. The van der Waals surface area contributed by atoms with E-state index in [1.165, 1.54) is 161 Å². The zero-order chi connectivity index (χ0) is 30.1. The number of aliphatic hydroxyl groups is 2. The van der Waals surface area contributed by atoms with Crippen LogP contribution in [0.15, 0.2) is 0 Å². The highest BCUT2D eigenvalue weighted by atomic mass is 16.3. The molecule has 41 heavy (non-hydrogen) atoms.